The number of hydrogen-bond donors (Lipinski definition) is 1. The maximum absolute atomic E-state index is 12.8. The Bertz CT molecular complexity index is 1360. The second-order valence-corrected chi connectivity index (χ2v) is 8.92. The minimum Gasteiger partial charge on any atom is -0.493 e. The van der Waals surface area contributed by atoms with Crippen molar-refractivity contribution in [3.05, 3.63) is 93.9 Å². The van der Waals surface area contributed by atoms with Crippen molar-refractivity contribution in [2.45, 2.75) is 0 Å². The summed E-state index contributed by atoms with van der Waals surface area (Å²) in [6.07, 6.45) is 1.49. The molecule has 10 heteroatoms. The van der Waals surface area contributed by atoms with Crippen LogP contribution in [-0.4, -0.2) is 41.6 Å². The molecule has 1 saturated heterocycles. The van der Waals surface area contributed by atoms with E-state index in [-0.39, 0.29) is 10.7 Å². The van der Waals surface area contributed by atoms with Crippen LogP contribution in [0.2, 0.25) is 5.02 Å². The molecule has 0 aliphatic carbocycles. The van der Waals surface area contributed by atoms with E-state index in [2.05, 4.69) is 5.32 Å². The van der Waals surface area contributed by atoms with Crippen LogP contribution in [0.5, 0.6) is 11.5 Å². The summed E-state index contributed by atoms with van der Waals surface area (Å²) in [5.41, 5.74) is 1.35. The lowest BCUT2D eigenvalue weighted by Crippen LogP contribution is -2.36. The van der Waals surface area contributed by atoms with Crippen LogP contribution in [0.15, 0.2) is 77.7 Å². The normalized spacial score (nSPS) is 14.2. The Morgan fingerprint density at radius 3 is 2.42 bits per heavy atom. The molecule has 1 N–H and O–H groups in total. The molecular weight excluding hydrogens is 504 g/mol. The second kappa shape index (κ2) is 11.1. The Morgan fingerprint density at radius 2 is 1.72 bits per heavy atom. The molecule has 8 nitrogen and oxygen atoms in total. The fourth-order valence-electron chi connectivity index (χ4n) is 3.26. The number of anilines is 1. The molecule has 1 aliphatic rings. The van der Waals surface area contributed by atoms with Crippen LogP contribution in [0.4, 0.5) is 10.5 Å². The van der Waals surface area contributed by atoms with Gasteiger partial charge in [-0.1, -0.05) is 35.9 Å². The monoisotopic (exact) mass is 522 g/mol. The number of halogens is 1. The summed E-state index contributed by atoms with van der Waals surface area (Å²) in [6, 6.07) is 19.7. The number of carbonyl (C=O) groups excluding carboxylic acids is 4. The van der Waals surface area contributed by atoms with Gasteiger partial charge in [0, 0.05) is 10.7 Å². The third kappa shape index (κ3) is 5.94. The average Bonchev–Trinajstić information content (AvgIpc) is 3.12. The number of para-hydroxylation sites is 1. The first kappa shape index (κ1) is 25.0. The molecule has 36 heavy (non-hydrogen) atoms. The highest BCUT2D eigenvalue weighted by atomic mass is 35.5. The number of imide groups is 1. The zero-order valence-corrected chi connectivity index (χ0v) is 20.5. The summed E-state index contributed by atoms with van der Waals surface area (Å²) in [6.45, 7) is -0.413. The SMILES string of the molecule is COc1ccc(/C=C2\SC(=O)N(CC(=O)Nc3ccccc3)C2=O)cc1OC(=O)c1ccc(Cl)cc1. The molecule has 1 aliphatic heterocycles. The third-order valence-corrected chi connectivity index (χ3v) is 6.16. The summed E-state index contributed by atoms with van der Waals surface area (Å²) in [5, 5.41) is 2.57. The van der Waals surface area contributed by atoms with Crippen LogP contribution in [0.3, 0.4) is 0 Å². The van der Waals surface area contributed by atoms with E-state index in [0.717, 1.165) is 16.7 Å². The van der Waals surface area contributed by atoms with Crippen LogP contribution in [0.25, 0.3) is 6.08 Å². The predicted octanol–water partition coefficient (Wildman–Crippen LogP) is 5.24. The Labute approximate surface area is 215 Å². The number of nitrogens with one attached hydrogen (secondary N) is 1. The standard InChI is InChI=1S/C26H19ClN2O6S/c1-34-20-12-7-16(13-21(20)35-25(32)17-8-10-18(27)11-9-17)14-22-24(31)29(26(33)36-22)15-23(30)28-19-5-3-2-4-6-19/h2-14H,15H2,1H3,(H,28,30)/b22-14-. The van der Waals surface area contributed by atoms with E-state index in [1.165, 1.54) is 31.4 Å². The maximum atomic E-state index is 12.8. The van der Waals surface area contributed by atoms with Gasteiger partial charge in [0.15, 0.2) is 11.5 Å². The number of thioether (sulfide) groups is 1. The van der Waals surface area contributed by atoms with E-state index in [4.69, 9.17) is 21.1 Å². The lowest BCUT2D eigenvalue weighted by atomic mass is 10.1. The summed E-state index contributed by atoms with van der Waals surface area (Å²) < 4.78 is 10.8. The molecule has 3 aromatic rings. The summed E-state index contributed by atoms with van der Waals surface area (Å²) >= 11 is 6.58. The molecule has 182 valence electrons. The van der Waals surface area contributed by atoms with Gasteiger partial charge in [0.2, 0.25) is 5.91 Å². The molecule has 0 radical (unpaired) electrons. The van der Waals surface area contributed by atoms with Crippen molar-refractivity contribution < 1.29 is 28.7 Å². The minimum atomic E-state index is -0.619. The van der Waals surface area contributed by atoms with E-state index in [1.54, 1.807) is 54.6 Å². The average molecular weight is 523 g/mol. The lowest BCUT2D eigenvalue weighted by Gasteiger charge is -2.12. The highest BCUT2D eigenvalue weighted by Crippen LogP contribution is 2.35. The van der Waals surface area contributed by atoms with Crippen LogP contribution in [0, 0.1) is 0 Å². The molecule has 0 bridgehead atoms. The molecule has 0 atom stereocenters. The smallest absolute Gasteiger partial charge is 0.343 e. The van der Waals surface area contributed by atoms with Crippen LogP contribution in [0.1, 0.15) is 15.9 Å². The van der Waals surface area contributed by atoms with Gasteiger partial charge in [-0.15, -0.1) is 0 Å². The van der Waals surface area contributed by atoms with Gasteiger partial charge in [-0.3, -0.25) is 19.3 Å². The minimum absolute atomic E-state index is 0.132. The number of esters is 1. The van der Waals surface area contributed by atoms with Gasteiger partial charge >= 0.3 is 5.97 Å². The van der Waals surface area contributed by atoms with Crippen LogP contribution < -0.4 is 14.8 Å². The highest BCUT2D eigenvalue weighted by Gasteiger charge is 2.36. The fourth-order valence-corrected chi connectivity index (χ4v) is 4.23. The molecule has 0 saturated carbocycles. The van der Waals surface area contributed by atoms with Crippen molar-refractivity contribution in [3.63, 3.8) is 0 Å². The number of benzene rings is 3. The van der Waals surface area contributed by atoms with Crippen LogP contribution >= 0.6 is 23.4 Å². The largest absolute Gasteiger partial charge is 0.493 e. The number of carbonyl (C=O) groups is 4. The van der Waals surface area contributed by atoms with Gasteiger partial charge in [0.05, 0.1) is 17.6 Å². The Balaban J connectivity index is 1.49. The maximum Gasteiger partial charge on any atom is 0.343 e. The van der Waals surface area contributed by atoms with Gasteiger partial charge in [-0.2, -0.15) is 0 Å². The van der Waals surface area contributed by atoms with Crippen molar-refractivity contribution in [2.24, 2.45) is 0 Å². The molecule has 3 aromatic carbocycles. The number of hydrogen-bond acceptors (Lipinski definition) is 7. The van der Waals surface area contributed by atoms with Crippen molar-refractivity contribution in [2.75, 3.05) is 19.0 Å². The summed E-state index contributed by atoms with van der Waals surface area (Å²) in [5.74, 6) is -1.27. The zero-order chi connectivity index (χ0) is 25.7. The first-order chi connectivity index (χ1) is 17.3. The molecule has 0 spiro atoms. The predicted molar refractivity (Wildman–Crippen MR) is 137 cm³/mol. The number of ether oxygens (including phenoxy) is 2. The number of amides is 3. The molecule has 4 rings (SSSR count). The molecular formula is C26H19ClN2O6S. The quantitative estimate of drug-likeness (QED) is 0.257. The third-order valence-electron chi connectivity index (χ3n) is 5.00. The van der Waals surface area contributed by atoms with Crippen molar-refractivity contribution in [3.8, 4) is 11.5 Å². The summed E-state index contributed by atoms with van der Waals surface area (Å²) in [7, 11) is 1.43. The van der Waals surface area contributed by atoms with E-state index < -0.39 is 29.6 Å². The topological polar surface area (TPSA) is 102 Å². The molecule has 0 aromatic heterocycles. The number of rotatable bonds is 7. The fraction of sp³-hybridized carbons (Fsp3) is 0.0769. The van der Waals surface area contributed by atoms with Gasteiger partial charge in [0.1, 0.15) is 6.54 Å². The molecule has 1 heterocycles. The van der Waals surface area contributed by atoms with E-state index in [1.807, 2.05) is 0 Å². The van der Waals surface area contributed by atoms with Gasteiger partial charge in [-0.25, -0.2) is 4.79 Å². The van der Waals surface area contributed by atoms with Gasteiger partial charge in [-0.05, 0) is 71.9 Å². The molecule has 0 unspecified atom stereocenters. The van der Waals surface area contributed by atoms with Gasteiger partial charge in [0.25, 0.3) is 11.1 Å². The molecule has 1 fully saturated rings. The first-order valence-corrected chi connectivity index (χ1v) is 11.8. The van der Waals surface area contributed by atoms with E-state index in [0.29, 0.717) is 27.6 Å². The van der Waals surface area contributed by atoms with Crippen LogP contribution in [-0.2, 0) is 9.59 Å². The van der Waals surface area contributed by atoms with Crippen molar-refractivity contribution >= 4 is 58.1 Å². The number of nitrogens with zero attached hydrogens (tertiary/aromatic N) is 1. The van der Waals surface area contributed by atoms with Crippen molar-refractivity contribution in [1.29, 1.82) is 0 Å². The first-order valence-electron chi connectivity index (χ1n) is 10.6. The van der Waals surface area contributed by atoms with E-state index >= 15 is 0 Å². The highest BCUT2D eigenvalue weighted by molar-refractivity contribution is 8.18. The zero-order valence-electron chi connectivity index (χ0n) is 18.9. The van der Waals surface area contributed by atoms with E-state index in [9.17, 15) is 19.2 Å². The Hall–Kier alpha value is -4.08. The Morgan fingerprint density at radius 1 is 1.00 bits per heavy atom. The molecule has 3 amide bonds. The second-order valence-electron chi connectivity index (χ2n) is 7.49. The lowest BCUT2D eigenvalue weighted by molar-refractivity contribution is -0.127. The Kier molecular flexibility index (Phi) is 7.72. The van der Waals surface area contributed by atoms with Crippen molar-refractivity contribution in [1.82, 2.24) is 4.90 Å². The van der Waals surface area contributed by atoms with Gasteiger partial charge < -0.3 is 14.8 Å². The number of methoxy groups -OCH3 is 1. The summed E-state index contributed by atoms with van der Waals surface area (Å²) in [4.78, 5) is 51.1.